The second-order valence-electron chi connectivity index (χ2n) is 10.6. The highest BCUT2D eigenvalue weighted by atomic mass is 35.5. The predicted octanol–water partition coefficient (Wildman–Crippen LogP) is 6.20. The third-order valence-electron chi connectivity index (χ3n) is 6.66. The molecule has 0 radical (unpaired) electrons. The van der Waals surface area contributed by atoms with E-state index in [4.69, 9.17) is 20.8 Å². The zero-order valence-corrected chi connectivity index (χ0v) is 22.8. The molecule has 1 amide bonds. The van der Waals surface area contributed by atoms with Crippen molar-refractivity contribution in [1.82, 2.24) is 24.2 Å². The molecule has 5 rings (SSSR count). The Morgan fingerprint density at radius 1 is 1.12 bits per heavy atom. The van der Waals surface area contributed by atoms with E-state index in [1.54, 1.807) is 48.4 Å². The second-order valence-corrected chi connectivity index (χ2v) is 11.1. The van der Waals surface area contributed by atoms with Crippen molar-refractivity contribution in [2.45, 2.75) is 58.2 Å². The molecule has 1 fully saturated rings. The van der Waals surface area contributed by atoms with Crippen molar-refractivity contribution < 1.29 is 27.1 Å². The van der Waals surface area contributed by atoms with Crippen molar-refractivity contribution in [3.05, 3.63) is 69.2 Å². The van der Waals surface area contributed by atoms with Crippen LogP contribution in [-0.4, -0.2) is 49.0 Å². The zero-order valence-electron chi connectivity index (χ0n) is 22.0. The summed E-state index contributed by atoms with van der Waals surface area (Å²) in [7, 11) is 0. The average Bonchev–Trinajstić information content (AvgIpc) is 3.48. The molecular weight excluding hydrogens is 551 g/mol. The molecule has 0 spiro atoms. The summed E-state index contributed by atoms with van der Waals surface area (Å²) in [6.07, 6.45) is -2.28. The molecule has 4 aromatic rings. The van der Waals surface area contributed by atoms with E-state index in [1.165, 1.54) is 16.7 Å². The van der Waals surface area contributed by atoms with Gasteiger partial charge in [0.1, 0.15) is 11.4 Å². The third kappa shape index (κ3) is 5.58. The van der Waals surface area contributed by atoms with Gasteiger partial charge in [0.2, 0.25) is 5.89 Å². The number of piperidine rings is 1. The number of halogens is 4. The van der Waals surface area contributed by atoms with Crippen molar-refractivity contribution >= 4 is 28.7 Å². The molecule has 9 nitrogen and oxygen atoms in total. The van der Waals surface area contributed by atoms with E-state index in [2.05, 4.69) is 10.2 Å². The van der Waals surface area contributed by atoms with E-state index in [0.29, 0.717) is 42.0 Å². The second kappa shape index (κ2) is 10.6. The van der Waals surface area contributed by atoms with Crippen LogP contribution in [0, 0.1) is 5.82 Å². The van der Waals surface area contributed by atoms with Gasteiger partial charge in [0.05, 0.1) is 17.6 Å². The van der Waals surface area contributed by atoms with E-state index in [-0.39, 0.29) is 35.3 Å². The van der Waals surface area contributed by atoms with E-state index >= 15 is 4.39 Å². The summed E-state index contributed by atoms with van der Waals surface area (Å²) in [5.74, 6) is -1.75. The summed E-state index contributed by atoms with van der Waals surface area (Å²) in [5.41, 5.74) is 0.575. The monoisotopic (exact) mass is 577 g/mol. The minimum atomic E-state index is -2.94. The number of amides is 1. The first kappa shape index (κ1) is 27.8. The molecule has 40 heavy (non-hydrogen) atoms. The maximum absolute atomic E-state index is 15.1. The number of likely N-dealkylation sites (tertiary alicyclic amines) is 1. The van der Waals surface area contributed by atoms with Crippen molar-refractivity contribution in [1.29, 1.82) is 0 Å². The fourth-order valence-corrected chi connectivity index (χ4v) is 4.98. The first-order valence-corrected chi connectivity index (χ1v) is 13.1. The highest BCUT2D eigenvalue weighted by Crippen LogP contribution is 2.30. The largest absolute Gasteiger partial charge is 0.444 e. The number of carbonyl (C=O) groups excluding carboxylic acids is 1. The topological polar surface area (TPSA) is 95.4 Å². The highest BCUT2D eigenvalue weighted by Gasteiger charge is 2.30. The molecule has 1 saturated heterocycles. The predicted molar refractivity (Wildman–Crippen MR) is 141 cm³/mol. The fraction of sp³-hybridized carbons (Fsp3) is 0.407. The van der Waals surface area contributed by atoms with Crippen molar-refractivity contribution in [3.8, 4) is 11.5 Å². The van der Waals surface area contributed by atoms with Gasteiger partial charge in [-0.1, -0.05) is 17.7 Å². The Bertz CT molecular complexity index is 1620. The number of hydrogen-bond donors (Lipinski definition) is 0. The van der Waals surface area contributed by atoms with Crippen LogP contribution in [-0.2, 0) is 11.3 Å². The molecule has 2 aromatic heterocycles. The molecule has 13 heteroatoms. The van der Waals surface area contributed by atoms with Crippen LogP contribution in [0.15, 0.2) is 45.6 Å². The molecule has 212 valence electrons. The van der Waals surface area contributed by atoms with Crippen LogP contribution in [0.2, 0.25) is 5.02 Å². The Labute approximate surface area is 232 Å². The molecule has 1 aliphatic heterocycles. The standard InChI is InChI=1S/C27H27ClF3N5O4/c1-27(2,3)40-26(38)34-10-8-18(9-11-34)36-21-13-17(28)6-7-20(21)35(25(36)37)14-16-5-4-15(12-19(16)29)23-32-33-24(39-23)22(30)31/h4-7,12-13,18,22H,8-11,14H2,1-3H3. The van der Waals surface area contributed by atoms with Gasteiger partial charge < -0.3 is 14.1 Å². The van der Waals surface area contributed by atoms with E-state index in [0.717, 1.165) is 6.07 Å². The molecule has 0 N–H and O–H groups in total. The summed E-state index contributed by atoms with van der Waals surface area (Å²) in [5, 5.41) is 7.26. The van der Waals surface area contributed by atoms with Gasteiger partial charge in [-0.3, -0.25) is 9.13 Å². The Kier molecular flexibility index (Phi) is 7.38. The smallest absolute Gasteiger partial charge is 0.410 e. The number of carbonyl (C=O) groups is 1. The first-order valence-electron chi connectivity index (χ1n) is 12.7. The Balaban J connectivity index is 1.42. The van der Waals surface area contributed by atoms with Crippen molar-refractivity contribution in [2.75, 3.05) is 13.1 Å². The Morgan fingerprint density at radius 3 is 2.48 bits per heavy atom. The lowest BCUT2D eigenvalue weighted by atomic mass is 10.0. The summed E-state index contributed by atoms with van der Waals surface area (Å²) in [4.78, 5) is 27.8. The molecule has 3 heterocycles. The van der Waals surface area contributed by atoms with Crippen LogP contribution in [0.4, 0.5) is 18.0 Å². The lowest BCUT2D eigenvalue weighted by Gasteiger charge is -2.33. The highest BCUT2D eigenvalue weighted by molar-refractivity contribution is 6.31. The van der Waals surface area contributed by atoms with E-state index in [1.807, 2.05) is 0 Å². The summed E-state index contributed by atoms with van der Waals surface area (Å²) >= 11 is 6.28. The molecular formula is C27H27ClF3N5O4. The number of nitrogens with zero attached hydrogens (tertiary/aromatic N) is 5. The first-order chi connectivity index (χ1) is 18.9. The molecule has 1 aliphatic rings. The lowest BCUT2D eigenvalue weighted by Crippen LogP contribution is -2.43. The van der Waals surface area contributed by atoms with Gasteiger partial charge in [0, 0.05) is 35.3 Å². The van der Waals surface area contributed by atoms with Crippen LogP contribution in [0.3, 0.4) is 0 Å². The molecule has 0 aliphatic carbocycles. The van der Waals surface area contributed by atoms with E-state index < -0.39 is 29.8 Å². The fourth-order valence-electron chi connectivity index (χ4n) is 4.81. The molecule has 2 aromatic carbocycles. The van der Waals surface area contributed by atoms with E-state index in [9.17, 15) is 18.4 Å². The van der Waals surface area contributed by atoms with Crippen LogP contribution in [0.25, 0.3) is 22.5 Å². The van der Waals surface area contributed by atoms with Gasteiger partial charge in [-0.15, -0.1) is 10.2 Å². The van der Waals surface area contributed by atoms with Crippen molar-refractivity contribution in [2.24, 2.45) is 0 Å². The number of rotatable bonds is 5. The van der Waals surface area contributed by atoms with Crippen LogP contribution in [0.1, 0.15) is 57.5 Å². The quantitative estimate of drug-likeness (QED) is 0.280. The molecule has 0 atom stereocenters. The van der Waals surface area contributed by atoms with Gasteiger partial charge in [-0.25, -0.2) is 14.0 Å². The number of aromatic nitrogens is 4. The third-order valence-corrected chi connectivity index (χ3v) is 6.90. The molecule has 0 bridgehead atoms. The van der Waals surface area contributed by atoms with Crippen LogP contribution >= 0.6 is 11.6 Å². The summed E-state index contributed by atoms with van der Waals surface area (Å²) in [6.45, 7) is 6.16. The SMILES string of the molecule is CC(C)(C)OC(=O)N1CCC(n2c(=O)n(Cc3ccc(-c4nnc(C(F)F)o4)cc3F)c3ccc(Cl)cc32)CC1. The van der Waals surface area contributed by atoms with Gasteiger partial charge in [-0.2, -0.15) is 8.78 Å². The number of imidazole rings is 1. The maximum Gasteiger partial charge on any atom is 0.410 e. The average molecular weight is 578 g/mol. The van der Waals surface area contributed by atoms with Crippen molar-refractivity contribution in [3.63, 3.8) is 0 Å². The number of fused-ring (bicyclic) bond motifs is 1. The minimum absolute atomic E-state index is 0.0844. The van der Waals surface area contributed by atoms with Crippen LogP contribution in [0.5, 0.6) is 0 Å². The zero-order chi connectivity index (χ0) is 28.8. The molecule has 0 saturated carbocycles. The number of alkyl halides is 2. The van der Waals surface area contributed by atoms with Gasteiger partial charge in [-0.05, 0) is 63.9 Å². The summed E-state index contributed by atoms with van der Waals surface area (Å²) < 4.78 is 54.2. The Morgan fingerprint density at radius 2 is 1.85 bits per heavy atom. The number of benzene rings is 2. The summed E-state index contributed by atoms with van der Waals surface area (Å²) in [6, 6.07) is 8.88. The minimum Gasteiger partial charge on any atom is -0.444 e. The number of ether oxygens (including phenoxy) is 1. The molecule has 0 unspecified atom stereocenters. The van der Waals surface area contributed by atoms with Gasteiger partial charge in [0.15, 0.2) is 0 Å². The maximum atomic E-state index is 15.1. The normalized spacial score (nSPS) is 14.8. The van der Waals surface area contributed by atoms with Gasteiger partial charge in [0.25, 0.3) is 5.89 Å². The number of hydrogen-bond acceptors (Lipinski definition) is 6. The lowest BCUT2D eigenvalue weighted by molar-refractivity contribution is 0.0188. The van der Waals surface area contributed by atoms with Crippen LogP contribution < -0.4 is 5.69 Å². The Hall–Kier alpha value is -3.80. The van der Waals surface area contributed by atoms with Gasteiger partial charge >= 0.3 is 18.2 Å².